The summed E-state index contributed by atoms with van der Waals surface area (Å²) in [5, 5.41) is 1.25. The predicted molar refractivity (Wildman–Crippen MR) is 99.9 cm³/mol. The third kappa shape index (κ3) is 2.71. The molecule has 0 amide bonds. The molecular formula is C21H22N2O. The van der Waals surface area contributed by atoms with Gasteiger partial charge in [-0.05, 0) is 55.2 Å². The van der Waals surface area contributed by atoms with Crippen molar-refractivity contribution in [1.82, 2.24) is 4.98 Å². The van der Waals surface area contributed by atoms with E-state index in [1.807, 2.05) is 12.1 Å². The van der Waals surface area contributed by atoms with Crippen molar-refractivity contribution < 1.29 is 4.74 Å². The number of methoxy groups -OCH3 is 1. The van der Waals surface area contributed by atoms with E-state index in [9.17, 15) is 0 Å². The molecule has 0 saturated carbocycles. The van der Waals surface area contributed by atoms with E-state index in [2.05, 4.69) is 48.2 Å². The molecule has 0 spiro atoms. The van der Waals surface area contributed by atoms with Crippen LogP contribution in [0, 0.1) is 6.92 Å². The second kappa shape index (κ2) is 6.16. The van der Waals surface area contributed by atoms with Gasteiger partial charge in [0.2, 0.25) is 0 Å². The normalized spacial score (nSPS) is 14.3. The van der Waals surface area contributed by atoms with Crippen LogP contribution in [0.3, 0.4) is 0 Å². The molecule has 3 aromatic rings. The first kappa shape index (κ1) is 15.0. The summed E-state index contributed by atoms with van der Waals surface area (Å²) in [4.78, 5) is 7.27. The Labute approximate surface area is 142 Å². The lowest BCUT2D eigenvalue weighted by Gasteiger charge is -2.20. The molecule has 0 aliphatic carbocycles. The van der Waals surface area contributed by atoms with Gasteiger partial charge in [-0.3, -0.25) is 4.98 Å². The van der Waals surface area contributed by atoms with E-state index in [-0.39, 0.29) is 0 Å². The van der Waals surface area contributed by atoms with Crippen molar-refractivity contribution in [2.45, 2.75) is 19.8 Å². The van der Waals surface area contributed by atoms with Crippen LogP contribution in [0.2, 0.25) is 0 Å². The summed E-state index contributed by atoms with van der Waals surface area (Å²) < 4.78 is 5.25. The number of hydrogen-bond donors (Lipinski definition) is 0. The number of ether oxygens (including phenoxy) is 1. The average Bonchev–Trinajstić information content (AvgIpc) is 3.15. The summed E-state index contributed by atoms with van der Waals surface area (Å²) >= 11 is 0. The molecule has 1 fully saturated rings. The maximum absolute atomic E-state index is 5.25. The van der Waals surface area contributed by atoms with Gasteiger partial charge in [0, 0.05) is 29.9 Å². The molecule has 2 aromatic carbocycles. The first-order valence-electron chi connectivity index (χ1n) is 8.55. The molecule has 0 bridgehead atoms. The zero-order valence-electron chi connectivity index (χ0n) is 14.2. The Hall–Kier alpha value is -2.55. The Bertz CT molecular complexity index is 865. The fourth-order valence-corrected chi connectivity index (χ4v) is 3.52. The van der Waals surface area contributed by atoms with Gasteiger partial charge in [-0.1, -0.05) is 24.3 Å². The quantitative estimate of drug-likeness (QED) is 0.692. The number of benzene rings is 2. The van der Waals surface area contributed by atoms with Gasteiger partial charge in [-0.2, -0.15) is 0 Å². The van der Waals surface area contributed by atoms with Gasteiger partial charge in [-0.25, -0.2) is 0 Å². The highest BCUT2D eigenvalue weighted by molar-refractivity contribution is 5.94. The van der Waals surface area contributed by atoms with Crippen molar-refractivity contribution in [2.24, 2.45) is 0 Å². The molecule has 3 nitrogen and oxygen atoms in total. The summed E-state index contributed by atoms with van der Waals surface area (Å²) in [7, 11) is 1.69. The number of hydrogen-bond acceptors (Lipinski definition) is 3. The number of fused-ring (bicyclic) bond motifs is 1. The molecule has 0 radical (unpaired) electrons. The molecule has 0 unspecified atom stereocenters. The van der Waals surface area contributed by atoms with Crippen LogP contribution in [0.4, 0.5) is 5.69 Å². The van der Waals surface area contributed by atoms with Crippen LogP contribution in [0.5, 0.6) is 5.75 Å². The Balaban J connectivity index is 1.79. The van der Waals surface area contributed by atoms with E-state index < -0.39 is 0 Å². The van der Waals surface area contributed by atoms with Gasteiger partial charge < -0.3 is 9.64 Å². The third-order valence-corrected chi connectivity index (χ3v) is 4.79. The summed E-state index contributed by atoms with van der Waals surface area (Å²) in [6.07, 6.45) is 2.57. The zero-order valence-corrected chi connectivity index (χ0v) is 14.2. The van der Waals surface area contributed by atoms with E-state index in [0.29, 0.717) is 0 Å². The molecule has 24 heavy (non-hydrogen) atoms. The minimum Gasteiger partial charge on any atom is -0.497 e. The molecule has 0 N–H and O–H groups in total. The number of nitrogens with zero attached hydrogens (tertiary/aromatic N) is 2. The molecule has 2 heterocycles. The maximum atomic E-state index is 5.25. The summed E-state index contributed by atoms with van der Waals surface area (Å²) in [5.41, 5.74) is 5.86. The van der Waals surface area contributed by atoms with Crippen molar-refractivity contribution in [3.63, 3.8) is 0 Å². The van der Waals surface area contributed by atoms with Gasteiger partial charge in [0.05, 0.1) is 12.6 Å². The number of anilines is 1. The van der Waals surface area contributed by atoms with Gasteiger partial charge in [0.15, 0.2) is 0 Å². The summed E-state index contributed by atoms with van der Waals surface area (Å²) in [5.74, 6) is 0.879. The molecule has 4 rings (SSSR count). The molecule has 1 aliphatic rings. The topological polar surface area (TPSA) is 25.4 Å². The predicted octanol–water partition coefficient (Wildman–Crippen LogP) is 4.82. The first-order chi connectivity index (χ1) is 11.7. The van der Waals surface area contributed by atoms with E-state index in [0.717, 1.165) is 30.0 Å². The van der Waals surface area contributed by atoms with Gasteiger partial charge >= 0.3 is 0 Å². The van der Waals surface area contributed by atoms with Gasteiger partial charge in [0.1, 0.15) is 5.75 Å². The summed E-state index contributed by atoms with van der Waals surface area (Å²) in [6, 6.07) is 17.0. The van der Waals surface area contributed by atoms with Crippen LogP contribution in [-0.4, -0.2) is 25.2 Å². The Morgan fingerprint density at radius 2 is 1.62 bits per heavy atom. The highest BCUT2D eigenvalue weighted by atomic mass is 16.5. The van der Waals surface area contributed by atoms with Crippen molar-refractivity contribution in [3.8, 4) is 16.9 Å². The van der Waals surface area contributed by atoms with E-state index >= 15 is 0 Å². The second-order valence-electron chi connectivity index (χ2n) is 6.44. The Morgan fingerprint density at radius 1 is 0.917 bits per heavy atom. The minimum atomic E-state index is 0.879. The van der Waals surface area contributed by atoms with Crippen molar-refractivity contribution in [2.75, 3.05) is 25.1 Å². The standard InChI is InChI=1S/C21H22N2O/c1-15-13-21(23-11-3-4-12-23)19-10-7-17(14-20(19)22-15)16-5-8-18(24-2)9-6-16/h5-10,13-14H,3-4,11-12H2,1-2H3. The molecule has 1 aliphatic heterocycles. The maximum Gasteiger partial charge on any atom is 0.118 e. The largest absolute Gasteiger partial charge is 0.497 e. The monoisotopic (exact) mass is 318 g/mol. The number of aryl methyl sites for hydroxylation is 1. The third-order valence-electron chi connectivity index (χ3n) is 4.79. The Morgan fingerprint density at radius 3 is 2.33 bits per heavy atom. The van der Waals surface area contributed by atoms with Crippen molar-refractivity contribution in [1.29, 1.82) is 0 Å². The highest BCUT2D eigenvalue weighted by Crippen LogP contribution is 2.32. The lowest BCUT2D eigenvalue weighted by atomic mass is 10.0. The van der Waals surface area contributed by atoms with E-state index in [1.165, 1.54) is 35.0 Å². The second-order valence-corrected chi connectivity index (χ2v) is 6.44. The van der Waals surface area contributed by atoms with Gasteiger partial charge in [-0.15, -0.1) is 0 Å². The van der Waals surface area contributed by atoms with Crippen molar-refractivity contribution in [3.05, 3.63) is 54.2 Å². The SMILES string of the molecule is COc1ccc(-c2ccc3c(N4CCCC4)cc(C)nc3c2)cc1. The number of rotatable bonds is 3. The van der Waals surface area contributed by atoms with E-state index in [4.69, 9.17) is 9.72 Å². The lowest BCUT2D eigenvalue weighted by Crippen LogP contribution is -2.18. The molecular weight excluding hydrogens is 296 g/mol. The smallest absolute Gasteiger partial charge is 0.118 e. The minimum absolute atomic E-state index is 0.879. The van der Waals surface area contributed by atoms with E-state index in [1.54, 1.807) is 7.11 Å². The van der Waals surface area contributed by atoms with Crippen LogP contribution in [0.15, 0.2) is 48.5 Å². The first-order valence-corrected chi connectivity index (χ1v) is 8.55. The van der Waals surface area contributed by atoms with Crippen molar-refractivity contribution >= 4 is 16.6 Å². The molecule has 0 atom stereocenters. The van der Waals surface area contributed by atoms with Crippen LogP contribution in [-0.2, 0) is 0 Å². The lowest BCUT2D eigenvalue weighted by molar-refractivity contribution is 0.415. The number of pyridine rings is 1. The number of aromatic nitrogens is 1. The van der Waals surface area contributed by atoms with Crippen LogP contribution < -0.4 is 9.64 Å². The highest BCUT2D eigenvalue weighted by Gasteiger charge is 2.16. The van der Waals surface area contributed by atoms with Crippen LogP contribution >= 0.6 is 0 Å². The fourth-order valence-electron chi connectivity index (χ4n) is 3.52. The van der Waals surface area contributed by atoms with Crippen LogP contribution in [0.25, 0.3) is 22.0 Å². The van der Waals surface area contributed by atoms with Crippen LogP contribution in [0.1, 0.15) is 18.5 Å². The molecule has 3 heteroatoms. The summed E-state index contributed by atoms with van der Waals surface area (Å²) in [6.45, 7) is 4.39. The van der Waals surface area contributed by atoms with Gasteiger partial charge in [0.25, 0.3) is 0 Å². The molecule has 122 valence electrons. The zero-order chi connectivity index (χ0) is 16.5. The molecule has 1 aromatic heterocycles. The fraction of sp³-hybridized carbons (Fsp3) is 0.286. The Kier molecular flexibility index (Phi) is 3.85. The molecule has 1 saturated heterocycles. The average molecular weight is 318 g/mol.